The molecule has 0 saturated carbocycles. The lowest BCUT2D eigenvalue weighted by Crippen LogP contribution is -2.18. The van der Waals surface area contributed by atoms with Gasteiger partial charge in [0.15, 0.2) is 5.69 Å². The van der Waals surface area contributed by atoms with E-state index in [1.807, 2.05) is 59.7 Å². The fraction of sp³-hybridized carbons (Fsp3) is 0.524. The van der Waals surface area contributed by atoms with E-state index in [1.54, 1.807) is 0 Å². The molecule has 0 saturated heterocycles. The van der Waals surface area contributed by atoms with Crippen molar-refractivity contribution in [3.63, 3.8) is 0 Å². The Bertz CT molecular complexity index is 768. The number of hydrogen-bond donors (Lipinski definition) is 1. The van der Waals surface area contributed by atoms with E-state index in [-0.39, 0.29) is 29.0 Å². The number of hydrogen-bond acceptors (Lipinski definition) is 2. The molecule has 0 fully saturated rings. The summed E-state index contributed by atoms with van der Waals surface area (Å²) in [5, 5.41) is 7.01. The lowest BCUT2D eigenvalue weighted by atomic mass is 9.92. The van der Waals surface area contributed by atoms with Crippen molar-refractivity contribution >= 4 is 11.6 Å². The molecule has 0 spiro atoms. The van der Waals surface area contributed by atoms with Crippen molar-refractivity contribution in [2.75, 3.05) is 5.32 Å². The number of rotatable bonds is 7. The molecular formula is C21H29F2N3O. The molecule has 0 unspecified atom stereocenters. The first kappa shape index (κ1) is 21.1. The van der Waals surface area contributed by atoms with Crippen LogP contribution in [0.4, 0.5) is 14.5 Å². The van der Waals surface area contributed by atoms with Gasteiger partial charge in [-0.1, -0.05) is 59.7 Å². The summed E-state index contributed by atoms with van der Waals surface area (Å²) in [6.07, 6.45) is -1.48. The summed E-state index contributed by atoms with van der Waals surface area (Å²) in [5.74, 6) is 0.0162. The predicted molar refractivity (Wildman–Crippen MR) is 105 cm³/mol. The molecule has 1 aromatic carbocycles. The van der Waals surface area contributed by atoms with Crippen molar-refractivity contribution < 1.29 is 13.6 Å². The van der Waals surface area contributed by atoms with Crippen molar-refractivity contribution in [1.82, 2.24) is 9.78 Å². The maximum Gasteiger partial charge on any atom is 0.276 e. The minimum atomic E-state index is -2.75. The molecule has 4 nitrogen and oxygen atoms in total. The van der Waals surface area contributed by atoms with Gasteiger partial charge in [-0.2, -0.15) is 5.10 Å². The van der Waals surface area contributed by atoms with Crippen molar-refractivity contribution in [2.45, 2.75) is 66.3 Å². The van der Waals surface area contributed by atoms with Crippen molar-refractivity contribution in [3.05, 3.63) is 46.8 Å². The summed E-state index contributed by atoms with van der Waals surface area (Å²) in [5.41, 5.74) is 2.12. The topological polar surface area (TPSA) is 46.9 Å². The second-order valence-corrected chi connectivity index (χ2v) is 7.92. The van der Waals surface area contributed by atoms with Crippen LogP contribution in [0, 0.1) is 5.92 Å². The molecule has 27 heavy (non-hydrogen) atoms. The number of nitrogens with zero attached hydrogens (tertiary/aromatic N) is 2. The van der Waals surface area contributed by atoms with Gasteiger partial charge >= 0.3 is 0 Å². The maximum atomic E-state index is 13.5. The van der Waals surface area contributed by atoms with Crippen molar-refractivity contribution in [1.29, 1.82) is 0 Å². The van der Waals surface area contributed by atoms with Crippen LogP contribution in [0.3, 0.4) is 0 Å². The molecule has 0 atom stereocenters. The summed E-state index contributed by atoms with van der Waals surface area (Å²) in [7, 11) is 0. The van der Waals surface area contributed by atoms with Gasteiger partial charge < -0.3 is 5.32 Å². The van der Waals surface area contributed by atoms with Crippen LogP contribution < -0.4 is 5.32 Å². The molecule has 2 aromatic rings. The lowest BCUT2D eigenvalue weighted by molar-refractivity contribution is 0.100. The van der Waals surface area contributed by atoms with Crippen LogP contribution >= 0.6 is 0 Å². The van der Waals surface area contributed by atoms with E-state index >= 15 is 0 Å². The molecule has 148 valence electrons. The number of aromatic nitrogens is 2. The number of carbonyl (C=O) groups excluding carboxylic acids is 1. The van der Waals surface area contributed by atoms with Gasteiger partial charge in [0.2, 0.25) is 0 Å². The molecule has 1 heterocycles. The molecule has 1 aromatic heterocycles. The van der Waals surface area contributed by atoms with Gasteiger partial charge in [-0.05, 0) is 28.9 Å². The highest BCUT2D eigenvalue weighted by Crippen LogP contribution is 2.33. The van der Waals surface area contributed by atoms with E-state index in [9.17, 15) is 13.6 Å². The van der Waals surface area contributed by atoms with Crippen molar-refractivity contribution in [2.24, 2.45) is 5.92 Å². The van der Waals surface area contributed by atoms with E-state index in [0.29, 0.717) is 12.2 Å². The Morgan fingerprint density at radius 1 is 1.04 bits per heavy atom. The molecule has 1 amide bonds. The van der Waals surface area contributed by atoms with Gasteiger partial charge in [0.1, 0.15) is 0 Å². The average Bonchev–Trinajstić information content (AvgIpc) is 2.98. The summed E-state index contributed by atoms with van der Waals surface area (Å²) < 4.78 is 28.3. The van der Waals surface area contributed by atoms with Crippen LogP contribution in [0.5, 0.6) is 0 Å². The SMILES string of the molecule is CC(C)Cn1cc(C(F)F)c(C(=O)Nc2c(C(C)C)cccc2C(C)C)n1. The summed E-state index contributed by atoms with van der Waals surface area (Å²) in [6, 6.07) is 5.87. The molecule has 0 aliphatic carbocycles. The molecule has 0 aliphatic heterocycles. The van der Waals surface area contributed by atoms with Gasteiger partial charge in [-0.15, -0.1) is 0 Å². The maximum absolute atomic E-state index is 13.5. The third-order valence-electron chi connectivity index (χ3n) is 4.40. The Morgan fingerprint density at radius 2 is 1.59 bits per heavy atom. The second-order valence-electron chi connectivity index (χ2n) is 7.92. The molecule has 0 radical (unpaired) electrons. The quantitative estimate of drug-likeness (QED) is 0.645. The normalized spacial score (nSPS) is 11.9. The first-order valence-corrected chi connectivity index (χ1v) is 9.41. The molecule has 0 aliphatic rings. The monoisotopic (exact) mass is 377 g/mol. The van der Waals surface area contributed by atoms with E-state index in [1.165, 1.54) is 10.9 Å². The van der Waals surface area contributed by atoms with E-state index < -0.39 is 12.3 Å². The van der Waals surface area contributed by atoms with Crippen LogP contribution in [-0.4, -0.2) is 15.7 Å². The fourth-order valence-electron chi connectivity index (χ4n) is 3.11. The Morgan fingerprint density at radius 3 is 2.04 bits per heavy atom. The summed E-state index contributed by atoms with van der Waals surface area (Å²) in [4.78, 5) is 12.9. The molecule has 6 heteroatoms. The second kappa shape index (κ2) is 8.63. The number of carbonyl (C=O) groups is 1. The highest BCUT2D eigenvalue weighted by Gasteiger charge is 2.25. The van der Waals surface area contributed by atoms with E-state index in [0.717, 1.165) is 11.1 Å². The third kappa shape index (κ3) is 4.93. The first-order chi connectivity index (χ1) is 12.6. The molecule has 2 rings (SSSR count). The highest BCUT2D eigenvalue weighted by atomic mass is 19.3. The zero-order valence-corrected chi connectivity index (χ0v) is 16.9. The van der Waals surface area contributed by atoms with Crippen LogP contribution in [0.2, 0.25) is 0 Å². The molecule has 0 bridgehead atoms. The predicted octanol–water partition coefficient (Wildman–Crippen LogP) is 5.98. The number of amides is 1. The van der Waals surface area contributed by atoms with Crippen LogP contribution in [0.25, 0.3) is 0 Å². The Kier molecular flexibility index (Phi) is 6.73. The van der Waals surface area contributed by atoms with Crippen LogP contribution in [0.15, 0.2) is 24.4 Å². The molecule has 1 N–H and O–H groups in total. The van der Waals surface area contributed by atoms with Gasteiger partial charge in [0.25, 0.3) is 12.3 Å². The van der Waals surface area contributed by atoms with Crippen molar-refractivity contribution in [3.8, 4) is 0 Å². The number of alkyl halides is 2. The lowest BCUT2D eigenvalue weighted by Gasteiger charge is -2.20. The number of halogens is 2. The van der Waals surface area contributed by atoms with Crippen LogP contribution in [-0.2, 0) is 6.54 Å². The zero-order valence-electron chi connectivity index (χ0n) is 16.9. The zero-order chi connectivity index (χ0) is 20.3. The minimum Gasteiger partial charge on any atom is -0.320 e. The number of nitrogens with one attached hydrogen (secondary N) is 1. The average molecular weight is 377 g/mol. The largest absolute Gasteiger partial charge is 0.320 e. The van der Waals surface area contributed by atoms with Gasteiger partial charge in [-0.3, -0.25) is 9.48 Å². The summed E-state index contributed by atoms with van der Waals surface area (Å²) in [6.45, 7) is 12.6. The Balaban J connectivity index is 2.44. The first-order valence-electron chi connectivity index (χ1n) is 9.41. The van der Waals surface area contributed by atoms with Gasteiger partial charge in [0, 0.05) is 18.4 Å². The smallest absolute Gasteiger partial charge is 0.276 e. The summed E-state index contributed by atoms with van der Waals surface area (Å²) >= 11 is 0. The van der Waals surface area contributed by atoms with E-state index in [4.69, 9.17) is 0 Å². The van der Waals surface area contributed by atoms with Gasteiger partial charge in [-0.25, -0.2) is 8.78 Å². The highest BCUT2D eigenvalue weighted by molar-refractivity contribution is 6.04. The minimum absolute atomic E-state index is 0.187. The van der Waals surface area contributed by atoms with E-state index in [2.05, 4.69) is 10.4 Å². The Hall–Kier alpha value is -2.24. The fourth-order valence-corrected chi connectivity index (χ4v) is 3.11. The number of anilines is 1. The third-order valence-corrected chi connectivity index (χ3v) is 4.40. The standard InChI is InChI=1S/C21H29F2N3O/c1-12(2)10-26-11-17(20(22)23)19(25-26)21(27)24-18-15(13(3)4)8-7-9-16(18)14(5)6/h7-9,11-14,20H,10H2,1-6H3,(H,24,27). The number of benzene rings is 1. The number of para-hydroxylation sites is 1. The molecular weight excluding hydrogens is 348 g/mol. The van der Waals surface area contributed by atoms with Crippen LogP contribution in [0.1, 0.15) is 87.0 Å². The Labute approximate surface area is 160 Å². The van der Waals surface area contributed by atoms with Gasteiger partial charge in [0.05, 0.1) is 5.56 Å².